The van der Waals surface area contributed by atoms with Crippen LogP contribution in [0.1, 0.15) is 17.3 Å². The molecule has 0 saturated carbocycles. The van der Waals surface area contributed by atoms with Crippen LogP contribution in [-0.4, -0.2) is 17.2 Å². The van der Waals surface area contributed by atoms with Crippen molar-refractivity contribution in [2.75, 3.05) is 7.05 Å². The molecule has 0 aliphatic carbocycles. The number of nitrogens with one attached hydrogen (secondary N) is 1. The summed E-state index contributed by atoms with van der Waals surface area (Å²) in [5, 5.41) is 10.6. The van der Waals surface area contributed by atoms with Crippen LogP contribution >= 0.6 is 0 Å². The van der Waals surface area contributed by atoms with Gasteiger partial charge in [0.15, 0.2) is 0 Å². The average molecular weight is 221 g/mol. The summed E-state index contributed by atoms with van der Waals surface area (Å²) < 4.78 is 18.7. The Balaban J connectivity index is 2.11. The zero-order chi connectivity index (χ0) is 11.4. The molecule has 2 aromatic rings. The molecule has 0 amide bonds. The lowest BCUT2D eigenvalue weighted by atomic mass is 10.1. The molecule has 0 bridgehead atoms. The maximum atomic E-state index is 13.3. The third kappa shape index (κ3) is 2.43. The van der Waals surface area contributed by atoms with E-state index in [1.807, 2.05) is 0 Å². The Kier molecular flexibility index (Phi) is 3.26. The second-order valence-corrected chi connectivity index (χ2v) is 3.39. The van der Waals surface area contributed by atoms with Gasteiger partial charge >= 0.3 is 0 Å². The molecular formula is C11H12FN3O. The van der Waals surface area contributed by atoms with Gasteiger partial charge in [-0.3, -0.25) is 0 Å². The first-order valence-electron chi connectivity index (χ1n) is 4.99. The van der Waals surface area contributed by atoms with Crippen molar-refractivity contribution in [1.82, 2.24) is 15.5 Å². The molecule has 0 aliphatic rings. The Bertz CT molecular complexity index is 470. The maximum Gasteiger partial charge on any atom is 0.230 e. The van der Waals surface area contributed by atoms with Crippen LogP contribution in [0.4, 0.5) is 4.39 Å². The fourth-order valence-corrected chi connectivity index (χ4v) is 1.39. The van der Waals surface area contributed by atoms with Gasteiger partial charge in [-0.25, -0.2) is 4.39 Å². The lowest BCUT2D eigenvalue weighted by Gasteiger charge is -1.98. The van der Waals surface area contributed by atoms with Crippen molar-refractivity contribution in [1.29, 1.82) is 0 Å². The monoisotopic (exact) mass is 221 g/mol. The number of hydrogen-bond acceptors (Lipinski definition) is 4. The maximum absolute atomic E-state index is 13.3. The molecule has 1 N–H and O–H groups in total. The van der Waals surface area contributed by atoms with E-state index < -0.39 is 0 Å². The predicted octanol–water partition coefficient (Wildman–Crippen LogP) is 1.52. The highest BCUT2D eigenvalue weighted by atomic mass is 19.1. The Morgan fingerprint density at radius 3 is 2.75 bits per heavy atom. The van der Waals surface area contributed by atoms with E-state index in [0.717, 1.165) is 0 Å². The number of hydrogen-bond donors (Lipinski definition) is 1. The lowest BCUT2D eigenvalue weighted by molar-refractivity contribution is 0.444. The Hall–Kier alpha value is -1.75. The molecule has 0 saturated heterocycles. The third-order valence-electron chi connectivity index (χ3n) is 2.14. The molecule has 5 heteroatoms. The Morgan fingerprint density at radius 2 is 2.00 bits per heavy atom. The van der Waals surface area contributed by atoms with Gasteiger partial charge in [-0.2, -0.15) is 0 Å². The molecule has 0 spiro atoms. The zero-order valence-electron chi connectivity index (χ0n) is 8.90. The highest BCUT2D eigenvalue weighted by Gasteiger charge is 2.08. The first-order valence-corrected chi connectivity index (χ1v) is 4.99. The van der Waals surface area contributed by atoms with Crippen LogP contribution in [0.3, 0.4) is 0 Å². The van der Waals surface area contributed by atoms with Crippen LogP contribution in [0.2, 0.25) is 0 Å². The number of nitrogens with zero attached hydrogens (tertiary/aromatic N) is 2. The molecule has 4 nitrogen and oxygen atoms in total. The van der Waals surface area contributed by atoms with Crippen molar-refractivity contribution in [3.8, 4) is 0 Å². The highest BCUT2D eigenvalue weighted by Crippen LogP contribution is 2.12. The summed E-state index contributed by atoms with van der Waals surface area (Å²) >= 11 is 0. The van der Waals surface area contributed by atoms with Gasteiger partial charge in [-0.05, 0) is 18.7 Å². The topological polar surface area (TPSA) is 51.0 Å². The normalized spacial score (nSPS) is 10.6. The summed E-state index contributed by atoms with van der Waals surface area (Å²) in [5.74, 6) is 0.681. The first-order chi connectivity index (χ1) is 7.79. The van der Waals surface area contributed by atoms with Gasteiger partial charge in [0.1, 0.15) is 5.82 Å². The van der Waals surface area contributed by atoms with Gasteiger partial charge in [-0.1, -0.05) is 18.2 Å². The Morgan fingerprint density at radius 1 is 1.25 bits per heavy atom. The van der Waals surface area contributed by atoms with Crippen molar-refractivity contribution in [2.45, 2.75) is 13.0 Å². The van der Waals surface area contributed by atoms with Gasteiger partial charge in [0.2, 0.25) is 11.8 Å². The molecule has 16 heavy (non-hydrogen) atoms. The molecule has 0 fully saturated rings. The summed E-state index contributed by atoms with van der Waals surface area (Å²) in [5.41, 5.74) is 0.558. The van der Waals surface area contributed by atoms with Crippen molar-refractivity contribution in [3.05, 3.63) is 47.4 Å². The van der Waals surface area contributed by atoms with Crippen molar-refractivity contribution in [2.24, 2.45) is 0 Å². The standard InChI is InChI=1S/C11H12FN3O/c1-13-7-11-15-14-10(16-11)6-8-4-2-3-5-9(8)12/h2-5,13H,6-7H2,1H3. The first kappa shape index (κ1) is 10.8. The predicted molar refractivity (Wildman–Crippen MR) is 56.3 cm³/mol. The summed E-state index contributed by atoms with van der Waals surface area (Å²) in [7, 11) is 1.79. The van der Waals surface area contributed by atoms with Gasteiger partial charge in [0.05, 0.1) is 13.0 Å². The summed E-state index contributed by atoms with van der Waals surface area (Å²) in [6, 6.07) is 6.56. The SMILES string of the molecule is CNCc1nnc(Cc2ccccc2F)o1. The second kappa shape index (κ2) is 4.85. The fourth-order valence-electron chi connectivity index (χ4n) is 1.39. The van der Waals surface area contributed by atoms with E-state index in [4.69, 9.17) is 4.42 Å². The van der Waals surface area contributed by atoms with Crippen molar-refractivity contribution < 1.29 is 8.81 Å². The van der Waals surface area contributed by atoms with Gasteiger partial charge < -0.3 is 9.73 Å². The number of aromatic nitrogens is 2. The highest BCUT2D eigenvalue weighted by molar-refractivity contribution is 5.20. The van der Waals surface area contributed by atoms with E-state index in [9.17, 15) is 4.39 Å². The van der Waals surface area contributed by atoms with E-state index in [2.05, 4.69) is 15.5 Å². The van der Waals surface area contributed by atoms with E-state index >= 15 is 0 Å². The summed E-state index contributed by atoms with van der Waals surface area (Å²) in [6.45, 7) is 0.518. The summed E-state index contributed by atoms with van der Waals surface area (Å²) in [6.07, 6.45) is 0.323. The van der Waals surface area contributed by atoms with Crippen molar-refractivity contribution in [3.63, 3.8) is 0 Å². The lowest BCUT2D eigenvalue weighted by Crippen LogP contribution is -2.04. The van der Waals surface area contributed by atoms with E-state index in [0.29, 0.717) is 30.3 Å². The molecule has 0 unspecified atom stereocenters. The molecule has 0 radical (unpaired) electrons. The molecule has 1 heterocycles. The molecule has 2 rings (SSSR count). The zero-order valence-corrected chi connectivity index (χ0v) is 8.90. The van der Waals surface area contributed by atoms with Crippen LogP contribution in [0.5, 0.6) is 0 Å². The minimum absolute atomic E-state index is 0.254. The number of rotatable bonds is 4. The molecular weight excluding hydrogens is 209 g/mol. The van der Waals surface area contributed by atoms with Crippen LogP contribution in [0, 0.1) is 5.82 Å². The minimum atomic E-state index is -0.254. The molecule has 84 valence electrons. The van der Waals surface area contributed by atoms with Crippen molar-refractivity contribution >= 4 is 0 Å². The van der Waals surface area contributed by atoms with E-state index in [1.54, 1.807) is 25.2 Å². The van der Waals surface area contributed by atoms with Crippen LogP contribution in [0.25, 0.3) is 0 Å². The third-order valence-corrected chi connectivity index (χ3v) is 2.14. The molecule has 0 atom stereocenters. The fraction of sp³-hybridized carbons (Fsp3) is 0.273. The van der Waals surface area contributed by atoms with Crippen LogP contribution in [0.15, 0.2) is 28.7 Å². The second-order valence-electron chi connectivity index (χ2n) is 3.39. The number of halogens is 1. The van der Waals surface area contributed by atoms with Crippen LogP contribution in [-0.2, 0) is 13.0 Å². The van der Waals surface area contributed by atoms with Gasteiger partial charge in [0, 0.05) is 0 Å². The van der Waals surface area contributed by atoms with E-state index in [1.165, 1.54) is 6.07 Å². The van der Waals surface area contributed by atoms with Gasteiger partial charge in [-0.15, -0.1) is 10.2 Å². The smallest absolute Gasteiger partial charge is 0.230 e. The minimum Gasteiger partial charge on any atom is -0.424 e. The van der Waals surface area contributed by atoms with Gasteiger partial charge in [0.25, 0.3) is 0 Å². The molecule has 1 aromatic carbocycles. The summed E-state index contributed by atoms with van der Waals surface area (Å²) in [4.78, 5) is 0. The molecule has 0 aliphatic heterocycles. The molecule has 1 aromatic heterocycles. The Labute approximate surface area is 92.5 Å². The largest absolute Gasteiger partial charge is 0.424 e. The van der Waals surface area contributed by atoms with E-state index in [-0.39, 0.29) is 5.82 Å². The number of benzene rings is 1. The average Bonchev–Trinajstić information content (AvgIpc) is 2.70. The van der Waals surface area contributed by atoms with Crippen LogP contribution < -0.4 is 5.32 Å². The quantitative estimate of drug-likeness (QED) is 0.850.